The summed E-state index contributed by atoms with van der Waals surface area (Å²) >= 11 is 10.2. The second-order valence-corrected chi connectivity index (χ2v) is 10.3. The summed E-state index contributed by atoms with van der Waals surface area (Å²) in [6.45, 7) is -0.421. The number of methoxy groups -OCH3 is 1. The molecule has 4 rings (SSSR count). The Balaban J connectivity index is 1.47. The number of imide groups is 1. The van der Waals surface area contributed by atoms with Gasteiger partial charge in [-0.3, -0.25) is 29.4 Å². The number of rotatable bonds is 9. The molecule has 1 fully saturated rings. The number of halogens is 2. The Labute approximate surface area is 240 Å². The molecule has 13 heteroatoms. The molecule has 0 aromatic heterocycles. The molecule has 0 saturated carbocycles. The van der Waals surface area contributed by atoms with Crippen molar-refractivity contribution < 1.29 is 28.8 Å². The number of nitro benzene ring substituents is 1. The van der Waals surface area contributed by atoms with Gasteiger partial charge in [-0.05, 0) is 69.2 Å². The topological polar surface area (TPSA) is 128 Å². The van der Waals surface area contributed by atoms with Crippen molar-refractivity contribution in [3.05, 3.63) is 96.3 Å². The molecule has 39 heavy (non-hydrogen) atoms. The van der Waals surface area contributed by atoms with Crippen molar-refractivity contribution in [3.63, 3.8) is 0 Å². The van der Waals surface area contributed by atoms with Gasteiger partial charge in [0.25, 0.3) is 16.8 Å². The number of carbonyl (C=O) groups is 3. The van der Waals surface area contributed by atoms with E-state index in [-0.39, 0.29) is 17.2 Å². The molecule has 0 spiro atoms. The summed E-state index contributed by atoms with van der Waals surface area (Å²) in [5.41, 5.74) is 1.45. The first-order valence-corrected chi connectivity index (χ1v) is 13.2. The SMILES string of the molecule is COc1cc(/C=C2/SC(=O)N(CC(=O)Nc3ccccc3Cl)C2=O)cc(Br)c1OCc1cccc([N+](=O)[O-])c1. The molecule has 1 aliphatic heterocycles. The predicted molar refractivity (Wildman–Crippen MR) is 151 cm³/mol. The summed E-state index contributed by atoms with van der Waals surface area (Å²) in [4.78, 5) is 49.4. The summed E-state index contributed by atoms with van der Waals surface area (Å²) in [6.07, 6.45) is 1.51. The molecule has 0 atom stereocenters. The van der Waals surface area contributed by atoms with Gasteiger partial charge in [0.15, 0.2) is 11.5 Å². The van der Waals surface area contributed by atoms with Crippen LogP contribution in [-0.2, 0) is 16.2 Å². The van der Waals surface area contributed by atoms with Gasteiger partial charge in [-0.15, -0.1) is 0 Å². The number of anilines is 1. The number of para-hydroxylation sites is 1. The number of nitrogens with zero attached hydrogens (tertiary/aromatic N) is 2. The highest BCUT2D eigenvalue weighted by Gasteiger charge is 2.36. The highest BCUT2D eigenvalue weighted by Crippen LogP contribution is 2.39. The Morgan fingerprint density at radius 1 is 1.18 bits per heavy atom. The van der Waals surface area contributed by atoms with Crippen molar-refractivity contribution in [2.45, 2.75) is 6.61 Å². The van der Waals surface area contributed by atoms with Crippen LogP contribution in [0.3, 0.4) is 0 Å². The van der Waals surface area contributed by atoms with E-state index in [9.17, 15) is 24.5 Å². The van der Waals surface area contributed by atoms with E-state index < -0.39 is 28.5 Å². The number of non-ortho nitro benzene ring substituents is 1. The number of hydrogen-bond acceptors (Lipinski definition) is 8. The van der Waals surface area contributed by atoms with Crippen LogP contribution < -0.4 is 14.8 Å². The van der Waals surface area contributed by atoms with Crippen LogP contribution in [0.1, 0.15) is 11.1 Å². The van der Waals surface area contributed by atoms with Crippen LogP contribution >= 0.6 is 39.3 Å². The van der Waals surface area contributed by atoms with Gasteiger partial charge in [0.05, 0.1) is 32.1 Å². The number of carbonyl (C=O) groups excluding carboxylic acids is 3. The average Bonchev–Trinajstić information content (AvgIpc) is 3.16. The standard InChI is InChI=1S/C26H19BrClN3O7S/c1-37-21-11-16(10-18(27)24(21)38-14-15-5-4-6-17(9-15)31(35)36)12-22-25(33)30(26(34)39-22)13-23(32)29-20-8-3-2-7-19(20)28/h2-12H,13-14H2,1H3,(H,29,32)/b22-12+. The molecule has 1 N–H and O–H groups in total. The number of nitro groups is 1. The third kappa shape index (κ3) is 6.77. The van der Waals surface area contributed by atoms with Gasteiger partial charge in [0, 0.05) is 12.1 Å². The Bertz CT molecular complexity index is 1510. The fraction of sp³-hybridized carbons (Fsp3) is 0.115. The largest absolute Gasteiger partial charge is 0.493 e. The predicted octanol–water partition coefficient (Wildman–Crippen LogP) is 6.27. The summed E-state index contributed by atoms with van der Waals surface area (Å²) in [6, 6.07) is 16.0. The molecule has 3 amide bonds. The molecule has 0 aliphatic carbocycles. The molecule has 1 saturated heterocycles. The minimum atomic E-state index is -0.611. The molecule has 1 aliphatic rings. The van der Waals surface area contributed by atoms with Gasteiger partial charge in [0.2, 0.25) is 5.91 Å². The first-order valence-electron chi connectivity index (χ1n) is 11.2. The molecule has 0 bridgehead atoms. The molecular weight excluding hydrogens is 614 g/mol. The maximum Gasteiger partial charge on any atom is 0.294 e. The van der Waals surface area contributed by atoms with Gasteiger partial charge in [-0.25, -0.2) is 0 Å². The van der Waals surface area contributed by atoms with Crippen LogP contribution in [0.5, 0.6) is 11.5 Å². The molecule has 0 radical (unpaired) electrons. The van der Waals surface area contributed by atoms with Gasteiger partial charge in [0.1, 0.15) is 13.2 Å². The Hall–Kier alpha value is -3.87. The fourth-order valence-electron chi connectivity index (χ4n) is 3.56. The van der Waals surface area contributed by atoms with Crippen molar-refractivity contribution >= 4 is 73.8 Å². The lowest BCUT2D eigenvalue weighted by molar-refractivity contribution is -0.384. The minimum Gasteiger partial charge on any atom is -0.493 e. The van der Waals surface area contributed by atoms with E-state index in [1.807, 2.05) is 0 Å². The second-order valence-electron chi connectivity index (χ2n) is 8.05. The lowest BCUT2D eigenvalue weighted by Crippen LogP contribution is -2.36. The number of ether oxygens (including phenoxy) is 2. The van der Waals surface area contributed by atoms with Gasteiger partial charge in [-0.1, -0.05) is 35.9 Å². The molecule has 200 valence electrons. The molecule has 1 heterocycles. The molecule has 10 nitrogen and oxygen atoms in total. The van der Waals surface area contributed by atoms with Crippen molar-refractivity contribution in [1.29, 1.82) is 0 Å². The zero-order chi connectivity index (χ0) is 28.1. The van der Waals surface area contributed by atoms with Crippen molar-refractivity contribution in [2.24, 2.45) is 0 Å². The molecule has 3 aromatic rings. The third-order valence-corrected chi connectivity index (χ3v) is 7.20. The molecule has 0 unspecified atom stereocenters. The maximum absolute atomic E-state index is 12.9. The van der Waals surface area contributed by atoms with E-state index in [1.54, 1.807) is 48.5 Å². The summed E-state index contributed by atoms with van der Waals surface area (Å²) < 4.78 is 11.8. The number of hydrogen-bond donors (Lipinski definition) is 1. The third-order valence-electron chi connectivity index (χ3n) is 5.38. The van der Waals surface area contributed by atoms with Crippen molar-refractivity contribution in [1.82, 2.24) is 4.90 Å². The summed E-state index contributed by atoms with van der Waals surface area (Å²) in [5.74, 6) is -0.494. The zero-order valence-corrected chi connectivity index (χ0v) is 23.3. The van der Waals surface area contributed by atoms with E-state index in [1.165, 1.54) is 25.3 Å². The first kappa shape index (κ1) is 28.1. The van der Waals surface area contributed by atoms with Crippen molar-refractivity contribution in [3.8, 4) is 11.5 Å². The second kappa shape index (κ2) is 12.3. The lowest BCUT2D eigenvalue weighted by Gasteiger charge is -2.14. The van der Waals surface area contributed by atoms with E-state index in [4.69, 9.17) is 21.1 Å². The van der Waals surface area contributed by atoms with E-state index in [2.05, 4.69) is 21.2 Å². The number of benzene rings is 3. The normalized spacial score (nSPS) is 14.0. The number of thioether (sulfide) groups is 1. The highest BCUT2D eigenvalue weighted by molar-refractivity contribution is 9.10. The zero-order valence-electron chi connectivity index (χ0n) is 20.2. The van der Waals surface area contributed by atoms with E-state index in [0.717, 1.165) is 4.90 Å². The smallest absolute Gasteiger partial charge is 0.294 e. The van der Waals surface area contributed by atoms with Crippen LogP contribution in [0.4, 0.5) is 16.2 Å². The van der Waals surface area contributed by atoms with Crippen LogP contribution in [0.2, 0.25) is 5.02 Å². The van der Waals surface area contributed by atoms with E-state index in [0.29, 0.717) is 49.6 Å². The minimum absolute atomic E-state index is 0.0468. The van der Waals surface area contributed by atoms with Crippen LogP contribution in [0.25, 0.3) is 6.08 Å². The van der Waals surface area contributed by atoms with Crippen LogP contribution in [-0.4, -0.2) is 40.5 Å². The Morgan fingerprint density at radius 2 is 1.95 bits per heavy atom. The van der Waals surface area contributed by atoms with E-state index >= 15 is 0 Å². The Morgan fingerprint density at radius 3 is 2.67 bits per heavy atom. The van der Waals surface area contributed by atoms with Crippen LogP contribution in [0, 0.1) is 10.1 Å². The van der Waals surface area contributed by atoms with Gasteiger partial charge in [-0.2, -0.15) is 0 Å². The van der Waals surface area contributed by atoms with Crippen molar-refractivity contribution in [2.75, 3.05) is 19.0 Å². The summed E-state index contributed by atoms with van der Waals surface area (Å²) in [5, 5.41) is 13.4. The maximum atomic E-state index is 12.9. The van der Waals surface area contributed by atoms with Gasteiger partial charge < -0.3 is 14.8 Å². The monoisotopic (exact) mass is 631 g/mol. The number of nitrogens with one attached hydrogen (secondary N) is 1. The Kier molecular flexibility index (Phi) is 8.90. The first-order chi connectivity index (χ1) is 18.7. The van der Waals surface area contributed by atoms with Gasteiger partial charge >= 0.3 is 0 Å². The average molecular weight is 633 g/mol. The lowest BCUT2D eigenvalue weighted by atomic mass is 10.1. The van der Waals surface area contributed by atoms with Crippen LogP contribution in [0.15, 0.2) is 70.0 Å². The highest BCUT2D eigenvalue weighted by atomic mass is 79.9. The summed E-state index contributed by atoms with van der Waals surface area (Å²) in [7, 11) is 1.44. The fourth-order valence-corrected chi connectivity index (χ4v) is 5.16. The quantitative estimate of drug-likeness (QED) is 0.166. The number of amides is 3. The molecular formula is C26H19BrClN3O7S. The molecule has 3 aromatic carbocycles.